The van der Waals surface area contributed by atoms with Crippen molar-refractivity contribution in [3.63, 3.8) is 0 Å². The minimum absolute atomic E-state index is 0.0184. The Morgan fingerprint density at radius 1 is 0.780 bits per heavy atom. The third-order valence-electron chi connectivity index (χ3n) is 6.85. The zero-order chi connectivity index (χ0) is 28.7. The summed E-state index contributed by atoms with van der Waals surface area (Å²) >= 11 is 0. The number of rotatable bonds is 10. The molecule has 0 unspecified atom stereocenters. The molecule has 1 atom stereocenters. The van der Waals surface area contributed by atoms with Crippen molar-refractivity contribution in [1.29, 1.82) is 0 Å². The van der Waals surface area contributed by atoms with E-state index in [2.05, 4.69) is 10.6 Å². The number of carbonyl (C=O) groups excluding carboxylic acids is 2. The minimum atomic E-state index is -4.04. The maximum Gasteiger partial charge on any atom is 0.264 e. The molecule has 210 valence electrons. The van der Waals surface area contributed by atoms with Crippen molar-refractivity contribution in [2.24, 2.45) is 0 Å². The van der Waals surface area contributed by atoms with Gasteiger partial charge in [0.25, 0.3) is 21.8 Å². The lowest BCUT2D eigenvalue weighted by molar-refractivity contribution is 0.0858. The van der Waals surface area contributed by atoms with Crippen LogP contribution < -0.4 is 14.9 Å². The first-order valence-electron chi connectivity index (χ1n) is 13.4. The summed E-state index contributed by atoms with van der Waals surface area (Å²) in [5, 5.41) is 5.72. The van der Waals surface area contributed by atoms with Crippen molar-refractivity contribution in [2.75, 3.05) is 22.8 Å². The van der Waals surface area contributed by atoms with Crippen LogP contribution >= 0.6 is 0 Å². The van der Waals surface area contributed by atoms with Crippen LogP contribution in [0.3, 0.4) is 0 Å². The van der Waals surface area contributed by atoms with Gasteiger partial charge in [-0.15, -0.1) is 0 Å². The number of hydrogen-bond donors (Lipinski definition) is 2. The zero-order valence-corrected chi connectivity index (χ0v) is 23.2. The molecule has 1 saturated heterocycles. The van der Waals surface area contributed by atoms with Crippen LogP contribution in [0.5, 0.6) is 0 Å². The first-order chi connectivity index (χ1) is 19.9. The van der Waals surface area contributed by atoms with E-state index in [1.807, 2.05) is 30.3 Å². The lowest BCUT2D eigenvalue weighted by Gasteiger charge is -2.26. The largest absolute Gasteiger partial charge is 0.376 e. The second kappa shape index (κ2) is 12.8. The lowest BCUT2D eigenvalue weighted by Crippen LogP contribution is -2.33. The number of nitrogens with zero attached hydrogens (tertiary/aromatic N) is 1. The van der Waals surface area contributed by atoms with Gasteiger partial charge >= 0.3 is 0 Å². The number of ether oxygens (including phenoxy) is 1. The van der Waals surface area contributed by atoms with Crippen LogP contribution in [0.4, 0.5) is 11.4 Å². The Balaban J connectivity index is 1.46. The Kier molecular flexibility index (Phi) is 8.76. The van der Waals surface area contributed by atoms with Gasteiger partial charge in [0.15, 0.2) is 0 Å². The second-order valence-corrected chi connectivity index (χ2v) is 11.5. The van der Waals surface area contributed by atoms with Gasteiger partial charge in [0.05, 0.1) is 40.0 Å². The van der Waals surface area contributed by atoms with E-state index in [9.17, 15) is 18.0 Å². The van der Waals surface area contributed by atoms with Crippen molar-refractivity contribution < 1.29 is 22.7 Å². The molecule has 41 heavy (non-hydrogen) atoms. The van der Waals surface area contributed by atoms with Crippen LogP contribution in [-0.4, -0.2) is 39.5 Å². The standard InChI is InChI=1S/C32H31N3O5S/c36-31(33-22-25-14-11-21-40-25)27-17-7-9-19-29(27)34-32(37)28-18-8-10-20-30(28)35(23-24-12-3-1-4-13-24)41(38,39)26-15-5-2-6-16-26/h1-10,12-13,15-20,25H,11,14,21-23H2,(H,33,36)(H,34,37)/t25-/m1/s1. The van der Waals surface area contributed by atoms with E-state index in [4.69, 9.17) is 4.74 Å². The average Bonchev–Trinajstić information content (AvgIpc) is 3.54. The molecule has 1 heterocycles. The summed E-state index contributed by atoms with van der Waals surface area (Å²) in [6.07, 6.45) is 1.84. The Labute approximate surface area is 240 Å². The predicted molar refractivity (Wildman–Crippen MR) is 158 cm³/mol. The minimum Gasteiger partial charge on any atom is -0.376 e. The fourth-order valence-corrected chi connectivity index (χ4v) is 6.23. The summed E-state index contributed by atoms with van der Waals surface area (Å²) in [6, 6.07) is 30.6. The maximum absolute atomic E-state index is 13.9. The first-order valence-corrected chi connectivity index (χ1v) is 14.9. The molecule has 0 spiro atoms. The Bertz CT molecular complexity index is 1600. The van der Waals surface area contributed by atoms with Crippen molar-refractivity contribution in [3.8, 4) is 0 Å². The van der Waals surface area contributed by atoms with E-state index < -0.39 is 15.9 Å². The van der Waals surface area contributed by atoms with Crippen molar-refractivity contribution in [3.05, 3.63) is 126 Å². The normalized spacial score (nSPS) is 14.8. The highest BCUT2D eigenvalue weighted by molar-refractivity contribution is 7.92. The number of carbonyl (C=O) groups is 2. The van der Waals surface area contributed by atoms with Gasteiger partial charge in [0, 0.05) is 13.2 Å². The highest BCUT2D eigenvalue weighted by atomic mass is 32.2. The van der Waals surface area contributed by atoms with Crippen LogP contribution in [0.25, 0.3) is 0 Å². The molecule has 0 radical (unpaired) electrons. The number of para-hydroxylation sites is 2. The molecular weight excluding hydrogens is 538 g/mol. The summed E-state index contributed by atoms with van der Waals surface area (Å²) < 4.78 is 34.7. The fourth-order valence-electron chi connectivity index (χ4n) is 4.74. The molecule has 2 N–H and O–H groups in total. The summed E-state index contributed by atoms with van der Waals surface area (Å²) in [7, 11) is -4.04. The molecule has 0 aliphatic carbocycles. The quantitative estimate of drug-likeness (QED) is 0.272. The third kappa shape index (κ3) is 6.65. The molecule has 1 aliphatic heterocycles. The number of amides is 2. The van der Waals surface area contributed by atoms with E-state index in [0.29, 0.717) is 24.4 Å². The zero-order valence-electron chi connectivity index (χ0n) is 22.4. The number of anilines is 2. The maximum atomic E-state index is 13.9. The smallest absolute Gasteiger partial charge is 0.264 e. The Morgan fingerprint density at radius 2 is 1.41 bits per heavy atom. The van der Waals surface area contributed by atoms with Gasteiger partial charge in [-0.1, -0.05) is 72.8 Å². The summed E-state index contributed by atoms with van der Waals surface area (Å²) in [4.78, 5) is 26.8. The van der Waals surface area contributed by atoms with Gasteiger partial charge in [-0.25, -0.2) is 8.42 Å². The molecule has 8 nitrogen and oxygen atoms in total. The van der Waals surface area contributed by atoms with E-state index >= 15 is 0 Å². The molecule has 0 aromatic heterocycles. The van der Waals surface area contributed by atoms with Crippen LogP contribution in [0.2, 0.25) is 0 Å². The van der Waals surface area contributed by atoms with E-state index in [-0.39, 0.29) is 34.7 Å². The molecule has 1 aliphatic rings. The van der Waals surface area contributed by atoms with Crippen molar-refractivity contribution in [1.82, 2.24) is 5.32 Å². The molecule has 0 bridgehead atoms. The number of benzene rings is 4. The molecule has 0 saturated carbocycles. The lowest BCUT2D eigenvalue weighted by atomic mass is 10.1. The summed E-state index contributed by atoms with van der Waals surface area (Å²) in [6.45, 7) is 1.09. The monoisotopic (exact) mass is 569 g/mol. The van der Waals surface area contributed by atoms with Crippen LogP contribution in [-0.2, 0) is 21.3 Å². The Hall–Kier alpha value is -4.47. The molecule has 2 amide bonds. The van der Waals surface area contributed by atoms with E-state index in [1.54, 1.807) is 66.7 Å². The molecule has 5 rings (SSSR count). The molecule has 4 aromatic rings. The predicted octanol–water partition coefficient (Wildman–Crippen LogP) is 5.24. The van der Waals surface area contributed by atoms with E-state index in [1.165, 1.54) is 16.4 Å². The molecule has 9 heteroatoms. The summed E-state index contributed by atoms with van der Waals surface area (Å²) in [5.74, 6) is -0.872. The topological polar surface area (TPSA) is 105 Å². The van der Waals surface area contributed by atoms with Crippen molar-refractivity contribution >= 4 is 33.2 Å². The fraction of sp³-hybridized carbons (Fsp3) is 0.188. The number of sulfonamides is 1. The van der Waals surface area contributed by atoms with Crippen LogP contribution in [0.1, 0.15) is 39.1 Å². The van der Waals surface area contributed by atoms with Crippen LogP contribution in [0.15, 0.2) is 114 Å². The molecule has 1 fully saturated rings. The molecule has 4 aromatic carbocycles. The van der Waals surface area contributed by atoms with Gasteiger partial charge in [-0.05, 0) is 54.8 Å². The SMILES string of the molecule is O=C(NC[C@H]1CCCO1)c1ccccc1NC(=O)c1ccccc1N(Cc1ccccc1)S(=O)(=O)c1ccccc1. The number of hydrogen-bond acceptors (Lipinski definition) is 5. The Morgan fingerprint density at radius 3 is 2.12 bits per heavy atom. The van der Waals surface area contributed by atoms with Gasteiger partial charge in [-0.2, -0.15) is 0 Å². The van der Waals surface area contributed by atoms with Gasteiger partial charge in [0.1, 0.15) is 0 Å². The number of nitrogens with one attached hydrogen (secondary N) is 2. The average molecular weight is 570 g/mol. The highest BCUT2D eigenvalue weighted by Gasteiger charge is 2.29. The van der Waals surface area contributed by atoms with Gasteiger partial charge < -0.3 is 15.4 Å². The summed E-state index contributed by atoms with van der Waals surface area (Å²) in [5.41, 5.74) is 1.75. The van der Waals surface area contributed by atoms with E-state index in [0.717, 1.165) is 18.4 Å². The highest BCUT2D eigenvalue weighted by Crippen LogP contribution is 2.30. The third-order valence-corrected chi connectivity index (χ3v) is 8.63. The van der Waals surface area contributed by atoms with Gasteiger partial charge in [0.2, 0.25) is 0 Å². The first kappa shape index (κ1) is 28.1. The second-order valence-electron chi connectivity index (χ2n) is 9.67. The van der Waals surface area contributed by atoms with Crippen LogP contribution in [0, 0.1) is 0 Å². The van der Waals surface area contributed by atoms with Gasteiger partial charge in [-0.3, -0.25) is 13.9 Å². The van der Waals surface area contributed by atoms with Crippen molar-refractivity contribution in [2.45, 2.75) is 30.4 Å². The molecular formula is C32H31N3O5S.